The van der Waals surface area contributed by atoms with Gasteiger partial charge in [0, 0.05) is 23.2 Å². The summed E-state index contributed by atoms with van der Waals surface area (Å²) in [6.07, 6.45) is 6.24. The minimum absolute atomic E-state index is 0.464. The van der Waals surface area contributed by atoms with E-state index in [0.29, 0.717) is 18.8 Å². The van der Waals surface area contributed by atoms with Gasteiger partial charge in [-0.3, -0.25) is 0 Å². The van der Waals surface area contributed by atoms with Crippen LogP contribution in [0, 0.1) is 6.92 Å². The molecule has 0 aromatic carbocycles. The molecule has 5 nitrogen and oxygen atoms in total. The number of azide groups is 1. The third-order valence-corrected chi connectivity index (χ3v) is 1.84. The molecular formula is C10H13N5. The summed E-state index contributed by atoms with van der Waals surface area (Å²) in [6, 6.07) is 1.96. The summed E-state index contributed by atoms with van der Waals surface area (Å²) in [6.45, 7) is 2.43. The van der Waals surface area contributed by atoms with E-state index in [1.807, 2.05) is 25.1 Å². The van der Waals surface area contributed by atoms with Crippen molar-refractivity contribution in [3.63, 3.8) is 0 Å². The van der Waals surface area contributed by atoms with E-state index in [2.05, 4.69) is 15.0 Å². The Kier molecular flexibility index (Phi) is 4.19. The zero-order chi connectivity index (χ0) is 11.1. The topological polar surface area (TPSA) is 87.7 Å². The molecule has 0 aliphatic carbocycles. The van der Waals surface area contributed by atoms with Gasteiger partial charge in [-0.2, -0.15) is 0 Å². The number of nitrogen functional groups attached to an aromatic ring is 1. The predicted octanol–water partition coefficient (Wildman–Crippen LogP) is 2.69. The Labute approximate surface area is 88.3 Å². The molecule has 0 radical (unpaired) electrons. The average molecular weight is 203 g/mol. The smallest absolute Gasteiger partial charge is 0.130 e. The SMILES string of the molecule is Cc1cnc(N)c(C=CCCN=[N+]=[N-])c1. The second-order valence-corrected chi connectivity index (χ2v) is 3.13. The number of nitrogens with zero attached hydrogens (tertiary/aromatic N) is 4. The first-order valence-electron chi connectivity index (χ1n) is 4.63. The van der Waals surface area contributed by atoms with Gasteiger partial charge in [-0.1, -0.05) is 17.3 Å². The number of anilines is 1. The van der Waals surface area contributed by atoms with Gasteiger partial charge < -0.3 is 5.73 Å². The van der Waals surface area contributed by atoms with Gasteiger partial charge in [-0.15, -0.1) is 0 Å². The Morgan fingerprint density at radius 2 is 2.47 bits per heavy atom. The first-order chi connectivity index (χ1) is 7.24. The van der Waals surface area contributed by atoms with Crippen molar-refractivity contribution < 1.29 is 0 Å². The zero-order valence-electron chi connectivity index (χ0n) is 8.59. The fourth-order valence-corrected chi connectivity index (χ4v) is 1.12. The van der Waals surface area contributed by atoms with Crippen LogP contribution < -0.4 is 5.73 Å². The maximum absolute atomic E-state index is 8.07. The van der Waals surface area contributed by atoms with Gasteiger partial charge in [0.15, 0.2) is 0 Å². The van der Waals surface area contributed by atoms with Crippen LogP contribution in [0.4, 0.5) is 5.82 Å². The van der Waals surface area contributed by atoms with Crippen LogP contribution in [0.25, 0.3) is 16.5 Å². The van der Waals surface area contributed by atoms with Gasteiger partial charge in [0.25, 0.3) is 0 Å². The van der Waals surface area contributed by atoms with E-state index in [1.54, 1.807) is 6.20 Å². The number of hydrogen-bond donors (Lipinski definition) is 1. The fraction of sp³-hybridized carbons (Fsp3) is 0.300. The molecule has 0 fully saturated rings. The summed E-state index contributed by atoms with van der Waals surface area (Å²) in [5.41, 5.74) is 15.7. The lowest BCUT2D eigenvalue weighted by Crippen LogP contribution is -1.93. The molecule has 0 aliphatic heterocycles. The lowest BCUT2D eigenvalue weighted by molar-refractivity contribution is 0.995. The Balaban J connectivity index is 2.63. The van der Waals surface area contributed by atoms with E-state index in [1.165, 1.54) is 0 Å². The zero-order valence-corrected chi connectivity index (χ0v) is 8.59. The molecule has 1 heterocycles. The molecule has 0 amide bonds. The van der Waals surface area contributed by atoms with Crippen LogP contribution in [0.15, 0.2) is 23.5 Å². The molecule has 1 aromatic rings. The minimum atomic E-state index is 0.464. The Morgan fingerprint density at radius 1 is 1.67 bits per heavy atom. The molecule has 1 rings (SSSR count). The molecule has 0 aliphatic rings. The maximum Gasteiger partial charge on any atom is 0.130 e. The van der Waals surface area contributed by atoms with Crippen molar-refractivity contribution in [3.8, 4) is 0 Å². The summed E-state index contributed by atoms with van der Waals surface area (Å²) in [5.74, 6) is 0.514. The standard InChI is InChI=1S/C10H13N5/c1-8-6-9(10(11)13-7-8)4-2-3-5-14-15-12/h2,4,6-7H,3,5H2,1H3,(H2,11,13). The van der Waals surface area contributed by atoms with Gasteiger partial charge in [0.1, 0.15) is 5.82 Å². The number of hydrogen-bond acceptors (Lipinski definition) is 3. The number of aromatic nitrogens is 1. The quantitative estimate of drug-likeness (QED) is 0.353. The molecule has 0 spiro atoms. The third-order valence-electron chi connectivity index (χ3n) is 1.84. The van der Waals surface area contributed by atoms with E-state index in [4.69, 9.17) is 11.3 Å². The Hall–Kier alpha value is -2.00. The van der Waals surface area contributed by atoms with Crippen LogP contribution in [-0.4, -0.2) is 11.5 Å². The molecule has 0 saturated heterocycles. The molecule has 78 valence electrons. The van der Waals surface area contributed by atoms with Crippen molar-refractivity contribution >= 4 is 11.9 Å². The lowest BCUT2D eigenvalue weighted by Gasteiger charge is -1.99. The van der Waals surface area contributed by atoms with Gasteiger partial charge in [-0.05, 0) is 30.5 Å². The number of pyridine rings is 1. The number of aryl methyl sites for hydroxylation is 1. The van der Waals surface area contributed by atoms with Crippen molar-refractivity contribution in [2.75, 3.05) is 12.3 Å². The van der Waals surface area contributed by atoms with Crippen LogP contribution in [0.5, 0.6) is 0 Å². The van der Waals surface area contributed by atoms with Gasteiger partial charge in [0.2, 0.25) is 0 Å². The average Bonchev–Trinajstić information content (AvgIpc) is 2.23. The molecule has 2 N–H and O–H groups in total. The summed E-state index contributed by atoms with van der Waals surface area (Å²) >= 11 is 0. The van der Waals surface area contributed by atoms with Crippen molar-refractivity contribution in [1.82, 2.24) is 4.98 Å². The Bertz CT molecular complexity index is 404. The van der Waals surface area contributed by atoms with E-state index in [0.717, 1.165) is 11.1 Å². The van der Waals surface area contributed by atoms with Crippen LogP contribution in [0.3, 0.4) is 0 Å². The van der Waals surface area contributed by atoms with Crippen molar-refractivity contribution in [3.05, 3.63) is 39.9 Å². The van der Waals surface area contributed by atoms with Crippen LogP contribution >= 0.6 is 0 Å². The molecule has 5 heteroatoms. The first-order valence-corrected chi connectivity index (χ1v) is 4.63. The third kappa shape index (κ3) is 3.70. The summed E-state index contributed by atoms with van der Waals surface area (Å²) < 4.78 is 0. The number of nitrogens with two attached hydrogens (primary N) is 1. The highest BCUT2D eigenvalue weighted by atomic mass is 15.1. The van der Waals surface area contributed by atoms with Gasteiger partial charge in [-0.25, -0.2) is 4.98 Å². The first kappa shape index (κ1) is 11.1. The molecule has 15 heavy (non-hydrogen) atoms. The van der Waals surface area contributed by atoms with Crippen molar-refractivity contribution in [2.24, 2.45) is 5.11 Å². The normalized spacial score (nSPS) is 10.2. The largest absolute Gasteiger partial charge is 0.383 e. The highest BCUT2D eigenvalue weighted by Gasteiger charge is 1.95. The molecular weight excluding hydrogens is 190 g/mol. The highest BCUT2D eigenvalue weighted by Crippen LogP contribution is 2.12. The molecule has 0 bridgehead atoms. The fourth-order valence-electron chi connectivity index (χ4n) is 1.12. The summed E-state index contributed by atoms with van der Waals surface area (Å²) in [4.78, 5) is 6.70. The Morgan fingerprint density at radius 3 is 3.20 bits per heavy atom. The van der Waals surface area contributed by atoms with Crippen molar-refractivity contribution in [2.45, 2.75) is 13.3 Å². The predicted molar refractivity (Wildman–Crippen MR) is 61.1 cm³/mol. The van der Waals surface area contributed by atoms with Crippen LogP contribution in [-0.2, 0) is 0 Å². The van der Waals surface area contributed by atoms with Crippen LogP contribution in [0.2, 0.25) is 0 Å². The van der Waals surface area contributed by atoms with E-state index >= 15 is 0 Å². The van der Waals surface area contributed by atoms with E-state index in [-0.39, 0.29) is 0 Å². The summed E-state index contributed by atoms with van der Waals surface area (Å²) in [5, 5.41) is 3.43. The van der Waals surface area contributed by atoms with Crippen LogP contribution in [0.1, 0.15) is 17.5 Å². The second kappa shape index (κ2) is 5.67. The van der Waals surface area contributed by atoms with Crippen molar-refractivity contribution in [1.29, 1.82) is 0 Å². The monoisotopic (exact) mass is 203 g/mol. The van der Waals surface area contributed by atoms with E-state index in [9.17, 15) is 0 Å². The number of rotatable bonds is 4. The molecule has 1 aromatic heterocycles. The molecule has 0 atom stereocenters. The molecule has 0 saturated carbocycles. The molecule has 0 unspecified atom stereocenters. The minimum Gasteiger partial charge on any atom is -0.383 e. The van der Waals surface area contributed by atoms with E-state index < -0.39 is 0 Å². The summed E-state index contributed by atoms with van der Waals surface area (Å²) in [7, 11) is 0. The second-order valence-electron chi connectivity index (χ2n) is 3.13. The maximum atomic E-state index is 8.07. The lowest BCUT2D eigenvalue weighted by atomic mass is 10.2. The van der Waals surface area contributed by atoms with Gasteiger partial charge in [0.05, 0.1) is 0 Å². The van der Waals surface area contributed by atoms with Gasteiger partial charge >= 0.3 is 0 Å². The highest BCUT2D eigenvalue weighted by molar-refractivity contribution is 5.61.